The second-order valence-electron chi connectivity index (χ2n) is 3.12. The minimum atomic E-state index is -0.649. The maximum Gasteiger partial charge on any atom is 0.308 e. The number of carbonyl (C=O) groups is 1. The number of nitrogens with one attached hydrogen (secondary N) is 1. The molecule has 0 aromatic heterocycles. The van der Waals surface area contributed by atoms with Crippen molar-refractivity contribution in [1.29, 1.82) is 0 Å². The Morgan fingerprint density at radius 2 is 2.09 bits per heavy atom. The van der Waals surface area contributed by atoms with Crippen LogP contribution in [0.25, 0.3) is 0 Å². The molecule has 0 heterocycles. The lowest BCUT2D eigenvalue weighted by Crippen LogP contribution is -2.40. The molecule has 0 radical (unpaired) electrons. The van der Waals surface area contributed by atoms with Gasteiger partial charge in [-0.3, -0.25) is 4.79 Å². The second-order valence-corrected chi connectivity index (χ2v) is 3.12. The maximum absolute atomic E-state index is 10.7. The van der Waals surface area contributed by atoms with Crippen LogP contribution in [0.15, 0.2) is 0 Å². The molecule has 1 aliphatic rings. The van der Waals surface area contributed by atoms with Crippen molar-refractivity contribution < 1.29 is 9.90 Å². The fourth-order valence-corrected chi connectivity index (χ4v) is 1.77. The van der Waals surface area contributed by atoms with Crippen LogP contribution in [-0.2, 0) is 4.79 Å². The molecule has 1 rings (SSSR count). The molecule has 3 nitrogen and oxygen atoms in total. The summed E-state index contributed by atoms with van der Waals surface area (Å²) in [7, 11) is 1.84. The van der Waals surface area contributed by atoms with Crippen molar-refractivity contribution in [2.75, 3.05) is 7.05 Å². The zero-order chi connectivity index (χ0) is 8.27. The van der Waals surface area contributed by atoms with E-state index < -0.39 is 5.97 Å². The minimum Gasteiger partial charge on any atom is -0.481 e. The van der Waals surface area contributed by atoms with E-state index in [9.17, 15) is 4.79 Å². The van der Waals surface area contributed by atoms with Gasteiger partial charge in [0.1, 0.15) is 0 Å². The zero-order valence-corrected chi connectivity index (χ0v) is 6.84. The van der Waals surface area contributed by atoms with Crippen LogP contribution in [0.1, 0.15) is 25.7 Å². The first kappa shape index (κ1) is 8.53. The predicted molar refractivity (Wildman–Crippen MR) is 42.4 cm³/mol. The number of carboxylic acid groups (broad SMARTS) is 1. The number of carboxylic acids is 1. The average molecular weight is 157 g/mol. The molecule has 0 amide bonds. The van der Waals surface area contributed by atoms with E-state index in [-0.39, 0.29) is 12.0 Å². The van der Waals surface area contributed by atoms with Gasteiger partial charge in [-0.2, -0.15) is 0 Å². The maximum atomic E-state index is 10.7. The van der Waals surface area contributed by atoms with Gasteiger partial charge in [-0.25, -0.2) is 0 Å². The Balaban J connectivity index is 2.51. The Hall–Kier alpha value is -0.570. The molecule has 0 saturated heterocycles. The number of aliphatic carboxylic acids is 1. The summed E-state index contributed by atoms with van der Waals surface area (Å²) in [6.45, 7) is 0. The van der Waals surface area contributed by atoms with Gasteiger partial charge < -0.3 is 10.4 Å². The van der Waals surface area contributed by atoms with Gasteiger partial charge in [0.2, 0.25) is 0 Å². The van der Waals surface area contributed by atoms with Crippen molar-refractivity contribution >= 4 is 5.97 Å². The molecule has 1 fully saturated rings. The molecule has 2 N–H and O–H groups in total. The van der Waals surface area contributed by atoms with E-state index in [1.165, 1.54) is 0 Å². The molecule has 1 unspecified atom stereocenters. The minimum absolute atomic E-state index is 0.159. The Morgan fingerprint density at radius 1 is 1.45 bits per heavy atom. The number of rotatable bonds is 2. The van der Waals surface area contributed by atoms with Gasteiger partial charge in [0.15, 0.2) is 0 Å². The van der Waals surface area contributed by atoms with Gasteiger partial charge in [0, 0.05) is 6.04 Å². The highest BCUT2D eigenvalue weighted by atomic mass is 16.4. The average Bonchev–Trinajstić information content (AvgIpc) is 2.04. The van der Waals surface area contributed by atoms with Gasteiger partial charge in [-0.05, 0) is 19.9 Å². The normalized spacial score (nSPS) is 31.7. The van der Waals surface area contributed by atoms with Crippen molar-refractivity contribution in [2.45, 2.75) is 31.7 Å². The van der Waals surface area contributed by atoms with Crippen LogP contribution in [0.4, 0.5) is 0 Å². The van der Waals surface area contributed by atoms with Gasteiger partial charge in [0.05, 0.1) is 5.92 Å². The van der Waals surface area contributed by atoms with Crippen LogP contribution < -0.4 is 5.32 Å². The third kappa shape index (κ3) is 1.93. The Morgan fingerprint density at radius 3 is 2.55 bits per heavy atom. The highest BCUT2D eigenvalue weighted by Gasteiger charge is 2.29. The van der Waals surface area contributed by atoms with Crippen LogP contribution >= 0.6 is 0 Å². The van der Waals surface area contributed by atoms with Crippen molar-refractivity contribution in [2.24, 2.45) is 5.92 Å². The SMILES string of the molecule is CNC1CCCC[C@H]1C(=O)O. The summed E-state index contributed by atoms with van der Waals surface area (Å²) in [5.41, 5.74) is 0. The standard InChI is InChI=1S/C8H15NO2/c1-9-7-5-3-2-4-6(7)8(10)11/h6-7,9H,2-5H2,1H3,(H,10,11)/t6-,7?/m1/s1. The van der Waals surface area contributed by atoms with Crippen LogP contribution in [0.3, 0.4) is 0 Å². The van der Waals surface area contributed by atoms with Crippen LogP contribution in [0, 0.1) is 5.92 Å². The summed E-state index contributed by atoms with van der Waals surface area (Å²) >= 11 is 0. The Kier molecular flexibility index (Phi) is 2.88. The molecule has 0 spiro atoms. The fraction of sp³-hybridized carbons (Fsp3) is 0.875. The summed E-state index contributed by atoms with van der Waals surface area (Å²) in [4.78, 5) is 10.7. The van der Waals surface area contributed by atoms with Crippen molar-refractivity contribution in [3.63, 3.8) is 0 Å². The van der Waals surface area contributed by atoms with Crippen LogP contribution in [0.2, 0.25) is 0 Å². The van der Waals surface area contributed by atoms with Crippen molar-refractivity contribution in [3.05, 3.63) is 0 Å². The molecule has 2 atom stereocenters. The number of hydrogen-bond acceptors (Lipinski definition) is 2. The summed E-state index contributed by atoms with van der Waals surface area (Å²) in [5.74, 6) is -0.808. The largest absolute Gasteiger partial charge is 0.481 e. The monoisotopic (exact) mass is 157 g/mol. The van der Waals surface area contributed by atoms with Crippen LogP contribution in [0.5, 0.6) is 0 Å². The third-order valence-corrected chi connectivity index (χ3v) is 2.45. The van der Waals surface area contributed by atoms with Crippen LogP contribution in [-0.4, -0.2) is 24.2 Å². The smallest absolute Gasteiger partial charge is 0.308 e. The molecule has 3 heteroatoms. The summed E-state index contributed by atoms with van der Waals surface area (Å²) in [6, 6.07) is 0.196. The van der Waals surface area contributed by atoms with Crippen molar-refractivity contribution in [3.8, 4) is 0 Å². The molecule has 0 aromatic carbocycles. The predicted octanol–water partition coefficient (Wildman–Crippen LogP) is 0.849. The lowest BCUT2D eigenvalue weighted by atomic mass is 9.85. The Bertz CT molecular complexity index is 147. The first-order chi connectivity index (χ1) is 5.25. The highest BCUT2D eigenvalue weighted by molar-refractivity contribution is 5.71. The quantitative estimate of drug-likeness (QED) is 0.624. The molecule has 0 bridgehead atoms. The first-order valence-corrected chi connectivity index (χ1v) is 4.15. The fourth-order valence-electron chi connectivity index (χ4n) is 1.77. The van der Waals surface area contributed by atoms with E-state index in [0.29, 0.717) is 0 Å². The lowest BCUT2D eigenvalue weighted by Gasteiger charge is -2.27. The van der Waals surface area contributed by atoms with Gasteiger partial charge in [0.25, 0.3) is 0 Å². The number of hydrogen-bond donors (Lipinski definition) is 2. The first-order valence-electron chi connectivity index (χ1n) is 4.15. The van der Waals surface area contributed by atoms with Gasteiger partial charge in [-0.15, -0.1) is 0 Å². The zero-order valence-electron chi connectivity index (χ0n) is 6.84. The van der Waals surface area contributed by atoms with E-state index in [2.05, 4.69) is 5.32 Å². The summed E-state index contributed by atoms with van der Waals surface area (Å²) in [5, 5.41) is 11.9. The molecule has 64 valence electrons. The molecule has 1 aliphatic carbocycles. The molecular formula is C8H15NO2. The summed E-state index contributed by atoms with van der Waals surface area (Å²) in [6.07, 6.45) is 4.07. The highest BCUT2D eigenvalue weighted by Crippen LogP contribution is 2.23. The van der Waals surface area contributed by atoms with E-state index in [4.69, 9.17) is 5.11 Å². The molecule has 1 saturated carbocycles. The summed E-state index contributed by atoms with van der Waals surface area (Å²) < 4.78 is 0. The lowest BCUT2D eigenvalue weighted by molar-refractivity contribution is -0.143. The molecular weight excluding hydrogens is 142 g/mol. The van der Waals surface area contributed by atoms with E-state index in [1.54, 1.807) is 0 Å². The van der Waals surface area contributed by atoms with E-state index in [1.807, 2.05) is 7.05 Å². The Labute approximate surface area is 66.8 Å². The van der Waals surface area contributed by atoms with Crippen molar-refractivity contribution in [1.82, 2.24) is 5.32 Å². The second kappa shape index (κ2) is 3.72. The topological polar surface area (TPSA) is 49.3 Å². The molecule has 11 heavy (non-hydrogen) atoms. The molecule has 0 aliphatic heterocycles. The van der Waals surface area contributed by atoms with Gasteiger partial charge >= 0.3 is 5.97 Å². The molecule has 0 aromatic rings. The van der Waals surface area contributed by atoms with Gasteiger partial charge in [-0.1, -0.05) is 12.8 Å². The van der Waals surface area contributed by atoms with E-state index in [0.717, 1.165) is 25.7 Å². The third-order valence-electron chi connectivity index (χ3n) is 2.45. The van der Waals surface area contributed by atoms with E-state index >= 15 is 0 Å².